The topological polar surface area (TPSA) is 68.2 Å². The van der Waals surface area contributed by atoms with Crippen LogP contribution in [0.5, 0.6) is 11.5 Å². The highest BCUT2D eigenvalue weighted by molar-refractivity contribution is 5.98. The highest BCUT2D eigenvalue weighted by Gasteiger charge is 2.30. The molecule has 0 saturated carbocycles. The van der Waals surface area contributed by atoms with E-state index in [1.54, 1.807) is 42.7 Å². The zero-order chi connectivity index (χ0) is 22.7. The largest absolute Gasteiger partial charge is 0.457 e. The molecule has 2 N–H and O–H groups in total. The molecule has 6 nitrogen and oxygen atoms in total. The van der Waals surface area contributed by atoms with E-state index in [4.69, 9.17) is 4.74 Å². The number of hydrogen-bond donors (Lipinski definition) is 2. The smallest absolute Gasteiger partial charge is 0.416 e. The van der Waals surface area contributed by atoms with E-state index in [-0.39, 0.29) is 5.69 Å². The molecule has 0 aliphatic carbocycles. The molecule has 9 heteroatoms. The minimum atomic E-state index is -4.49. The van der Waals surface area contributed by atoms with Gasteiger partial charge in [-0.3, -0.25) is 9.55 Å². The third kappa shape index (κ3) is 4.73. The summed E-state index contributed by atoms with van der Waals surface area (Å²) in [5.74, 6) is 1.21. The number of ether oxygens (including phenoxy) is 1. The summed E-state index contributed by atoms with van der Waals surface area (Å²) in [5.41, 5.74) is 0.654. The zero-order valence-corrected chi connectivity index (χ0v) is 17.0. The highest BCUT2D eigenvalue weighted by Crippen LogP contribution is 2.31. The first-order valence-corrected chi connectivity index (χ1v) is 9.70. The number of aromatic nitrogens is 2. The van der Waals surface area contributed by atoms with E-state index in [1.165, 1.54) is 16.7 Å². The molecule has 0 bridgehead atoms. The molecule has 0 saturated heterocycles. The van der Waals surface area contributed by atoms with Crippen molar-refractivity contribution >= 4 is 22.6 Å². The lowest BCUT2D eigenvalue weighted by Gasteiger charge is -2.11. The minimum Gasteiger partial charge on any atom is -0.457 e. The molecule has 0 radical (unpaired) electrons. The van der Waals surface area contributed by atoms with Crippen molar-refractivity contribution in [1.82, 2.24) is 14.9 Å². The van der Waals surface area contributed by atoms with Crippen LogP contribution in [0.3, 0.4) is 0 Å². The van der Waals surface area contributed by atoms with Gasteiger partial charge < -0.3 is 15.4 Å². The lowest BCUT2D eigenvalue weighted by molar-refractivity contribution is -0.137. The van der Waals surface area contributed by atoms with Gasteiger partial charge in [0.15, 0.2) is 0 Å². The summed E-state index contributed by atoms with van der Waals surface area (Å²) >= 11 is 0. The Hall–Kier alpha value is -3.85. The molecular weight excluding hydrogens is 421 g/mol. The first kappa shape index (κ1) is 21.4. The third-order valence-corrected chi connectivity index (χ3v) is 4.70. The van der Waals surface area contributed by atoms with Crippen LogP contribution in [0.1, 0.15) is 11.3 Å². The van der Waals surface area contributed by atoms with E-state index < -0.39 is 17.8 Å². The van der Waals surface area contributed by atoms with Gasteiger partial charge in [0.1, 0.15) is 11.5 Å². The van der Waals surface area contributed by atoms with E-state index in [0.29, 0.717) is 23.6 Å². The molecule has 0 fully saturated rings. The maximum atomic E-state index is 12.9. The van der Waals surface area contributed by atoms with Crippen molar-refractivity contribution in [2.45, 2.75) is 12.7 Å². The van der Waals surface area contributed by atoms with Crippen LogP contribution < -0.4 is 15.4 Å². The summed E-state index contributed by atoms with van der Waals surface area (Å²) in [4.78, 5) is 16.9. The van der Waals surface area contributed by atoms with Gasteiger partial charge in [0, 0.05) is 36.1 Å². The van der Waals surface area contributed by atoms with Gasteiger partial charge >= 0.3 is 12.2 Å². The Morgan fingerprint density at radius 3 is 2.66 bits per heavy atom. The third-order valence-electron chi connectivity index (χ3n) is 4.70. The number of carbonyl (C=O) groups is 1. The summed E-state index contributed by atoms with van der Waals surface area (Å²) in [5, 5.41) is 6.27. The van der Waals surface area contributed by atoms with Crippen LogP contribution in [0, 0.1) is 0 Å². The number of carbonyl (C=O) groups excluding carboxylic acids is 1. The average Bonchev–Trinajstić information content (AvgIpc) is 3.17. The van der Waals surface area contributed by atoms with Gasteiger partial charge in [0.05, 0.1) is 16.8 Å². The number of halogens is 3. The van der Waals surface area contributed by atoms with Crippen LogP contribution in [-0.2, 0) is 12.7 Å². The van der Waals surface area contributed by atoms with E-state index in [2.05, 4.69) is 15.6 Å². The van der Waals surface area contributed by atoms with Crippen molar-refractivity contribution in [1.29, 1.82) is 0 Å². The zero-order valence-electron chi connectivity index (χ0n) is 17.0. The Kier molecular flexibility index (Phi) is 5.83. The lowest BCUT2D eigenvalue weighted by atomic mass is 10.2. The maximum absolute atomic E-state index is 12.9. The number of pyridine rings is 1. The van der Waals surface area contributed by atoms with Crippen molar-refractivity contribution in [2.24, 2.45) is 0 Å². The summed E-state index contributed by atoms with van der Waals surface area (Å²) < 4.78 is 45.9. The molecule has 2 aromatic carbocycles. The Balaban J connectivity index is 1.53. The average molecular weight is 440 g/mol. The van der Waals surface area contributed by atoms with Crippen LogP contribution in [0.15, 0.2) is 73.1 Å². The highest BCUT2D eigenvalue weighted by atomic mass is 19.4. The molecule has 0 aliphatic rings. The molecule has 1 amide bonds. The quantitative estimate of drug-likeness (QED) is 0.421. The molecule has 4 rings (SSSR count). The number of hydrogen-bond acceptors (Lipinski definition) is 4. The van der Waals surface area contributed by atoms with Gasteiger partial charge in [-0.2, -0.15) is 13.2 Å². The summed E-state index contributed by atoms with van der Waals surface area (Å²) in [6.45, 7) is 0.611. The fraction of sp³-hybridized carbons (Fsp3) is 0.130. The molecule has 2 aromatic heterocycles. The van der Waals surface area contributed by atoms with Crippen molar-refractivity contribution in [2.75, 3.05) is 12.4 Å². The molecule has 2 heterocycles. The van der Waals surface area contributed by atoms with Crippen LogP contribution >= 0.6 is 0 Å². The number of alkyl halides is 3. The Bertz CT molecular complexity index is 1270. The first-order valence-electron chi connectivity index (χ1n) is 9.70. The van der Waals surface area contributed by atoms with Crippen LogP contribution in [0.25, 0.3) is 10.9 Å². The fourth-order valence-electron chi connectivity index (χ4n) is 3.25. The number of nitrogens with one attached hydrogen (secondary N) is 2. The van der Waals surface area contributed by atoms with Crippen LogP contribution in [0.4, 0.5) is 23.7 Å². The van der Waals surface area contributed by atoms with Gasteiger partial charge in [-0.15, -0.1) is 0 Å². The molecule has 0 unspecified atom stereocenters. The second-order valence-electron chi connectivity index (χ2n) is 7.03. The Morgan fingerprint density at radius 1 is 1.06 bits per heavy atom. The predicted molar refractivity (Wildman–Crippen MR) is 115 cm³/mol. The van der Waals surface area contributed by atoms with E-state index in [0.717, 1.165) is 23.2 Å². The van der Waals surface area contributed by atoms with Crippen molar-refractivity contribution in [3.8, 4) is 11.5 Å². The summed E-state index contributed by atoms with van der Waals surface area (Å²) in [6, 6.07) is 14.4. The molecule has 32 heavy (non-hydrogen) atoms. The van der Waals surface area contributed by atoms with Crippen LogP contribution in [-0.4, -0.2) is 22.6 Å². The summed E-state index contributed by atoms with van der Waals surface area (Å²) in [7, 11) is 1.83. The van der Waals surface area contributed by atoms with Gasteiger partial charge in [-0.05, 0) is 55.6 Å². The first-order chi connectivity index (χ1) is 15.3. The van der Waals surface area contributed by atoms with Gasteiger partial charge in [-0.25, -0.2) is 4.79 Å². The molecule has 164 valence electrons. The van der Waals surface area contributed by atoms with E-state index in [9.17, 15) is 18.0 Å². The fourth-order valence-corrected chi connectivity index (χ4v) is 3.25. The normalized spacial score (nSPS) is 11.5. The SMILES string of the molecule is CNCc1cc(Oc2ccc3c(ccn3C(=O)Nc3cccc(C(F)(F)F)c3)c2)ccn1. The monoisotopic (exact) mass is 440 g/mol. The molecule has 4 aromatic rings. The number of rotatable bonds is 5. The number of amides is 1. The molecule has 0 spiro atoms. The number of anilines is 1. The van der Waals surface area contributed by atoms with E-state index in [1.807, 2.05) is 13.1 Å². The second-order valence-corrected chi connectivity index (χ2v) is 7.03. The van der Waals surface area contributed by atoms with E-state index >= 15 is 0 Å². The number of nitrogens with zero attached hydrogens (tertiary/aromatic N) is 2. The second kappa shape index (κ2) is 8.72. The van der Waals surface area contributed by atoms with Gasteiger partial charge in [0.2, 0.25) is 0 Å². The van der Waals surface area contributed by atoms with Crippen LogP contribution in [0.2, 0.25) is 0 Å². The number of fused-ring (bicyclic) bond motifs is 1. The minimum absolute atomic E-state index is 0.0571. The summed E-state index contributed by atoms with van der Waals surface area (Å²) in [6.07, 6.45) is -1.27. The van der Waals surface area contributed by atoms with Crippen molar-refractivity contribution in [3.63, 3.8) is 0 Å². The maximum Gasteiger partial charge on any atom is 0.416 e. The van der Waals surface area contributed by atoms with Crippen molar-refractivity contribution in [3.05, 3.63) is 84.3 Å². The van der Waals surface area contributed by atoms with Gasteiger partial charge in [-0.1, -0.05) is 6.07 Å². The molecular formula is C23H19F3N4O2. The molecule has 0 aliphatic heterocycles. The predicted octanol–water partition coefficient (Wildman–Crippen LogP) is 5.65. The van der Waals surface area contributed by atoms with Gasteiger partial charge in [0.25, 0.3) is 0 Å². The Morgan fingerprint density at radius 2 is 1.88 bits per heavy atom. The lowest BCUT2D eigenvalue weighted by Crippen LogP contribution is -2.18. The van der Waals surface area contributed by atoms with Crippen molar-refractivity contribution < 1.29 is 22.7 Å². The molecule has 0 atom stereocenters. The standard InChI is InChI=1S/C23H19F3N4O2/c1-27-14-18-13-20(7-9-28-18)32-19-5-6-21-15(11-19)8-10-30(21)22(31)29-17-4-2-3-16(12-17)23(24,25)26/h2-13,27H,14H2,1H3,(H,29,31). The number of benzene rings is 2. The Labute approximate surface area is 181 Å².